The molecule has 3 aliphatic carbocycles. The number of anilines is 2. The largest absolute Gasteiger partial charge is 0.459 e. The summed E-state index contributed by atoms with van der Waals surface area (Å²) in [5.74, 6) is -1.93. The molecule has 0 saturated heterocycles. The second-order valence-electron chi connectivity index (χ2n) is 15.8. The fraction of sp³-hybridized carbons (Fsp3) is 0.600. The molecule has 0 heterocycles. The molecule has 58 heavy (non-hydrogen) atoms. The molecule has 3 saturated carbocycles. The summed E-state index contributed by atoms with van der Waals surface area (Å²) in [5, 5.41) is 12.3. The van der Waals surface area contributed by atoms with Gasteiger partial charge in [0.1, 0.15) is 12.2 Å². The fourth-order valence-corrected chi connectivity index (χ4v) is 8.67. The van der Waals surface area contributed by atoms with Crippen molar-refractivity contribution in [3.8, 4) is 0 Å². The fourth-order valence-electron chi connectivity index (χ4n) is 8.14. The SMILES string of the molecule is CN(C)[C@@H]1CCCC[C@H]1NC(=S)Nc1cc(C(=O)OC2CCC(OC(=O)c3cc(NC(=S)N[C@@H]4CCCC[C@H]4N(C)C)cc(C(F)(F)F)c3)CC2)cc(C(F)(F)F)c1. The summed E-state index contributed by atoms with van der Waals surface area (Å²) in [6.07, 6.45) is -2.33. The van der Waals surface area contributed by atoms with Crippen LogP contribution in [0.5, 0.6) is 0 Å². The topological polar surface area (TPSA) is 107 Å². The number of alkyl halides is 6. The zero-order chi connectivity index (χ0) is 42.4. The molecule has 0 aliphatic heterocycles. The van der Waals surface area contributed by atoms with Gasteiger partial charge in [0.2, 0.25) is 0 Å². The molecule has 320 valence electrons. The monoisotopic (exact) mass is 858 g/mol. The molecule has 18 heteroatoms. The summed E-state index contributed by atoms with van der Waals surface area (Å²) in [6.45, 7) is 0. The molecule has 4 atom stereocenters. The van der Waals surface area contributed by atoms with E-state index in [4.69, 9.17) is 33.9 Å². The molecule has 4 N–H and O–H groups in total. The molecule has 2 aromatic rings. The quantitative estimate of drug-likeness (QED) is 0.105. The number of carbonyl (C=O) groups excluding carboxylic acids is 2. The van der Waals surface area contributed by atoms with Crippen LogP contribution in [0.4, 0.5) is 37.7 Å². The summed E-state index contributed by atoms with van der Waals surface area (Å²) in [7, 11) is 7.86. The number of nitrogens with zero attached hydrogens (tertiary/aromatic N) is 2. The van der Waals surface area contributed by atoms with Crippen LogP contribution in [0.3, 0.4) is 0 Å². The van der Waals surface area contributed by atoms with E-state index in [1.54, 1.807) is 0 Å². The highest BCUT2D eigenvalue weighted by Crippen LogP contribution is 2.35. The Morgan fingerprint density at radius 3 is 1.24 bits per heavy atom. The van der Waals surface area contributed by atoms with Crippen molar-refractivity contribution < 1.29 is 45.4 Å². The first kappa shape index (κ1) is 45.3. The molecule has 10 nitrogen and oxygen atoms in total. The van der Waals surface area contributed by atoms with E-state index in [0.717, 1.165) is 75.6 Å². The van der Waals surface area contributed by atoms with Gasteiger partial charge in [0, 0.05) is 35.5 Å². The lowest BCUT2D eigenvalue weighted by Crippen LogP contribution is -2.52. The van der Waals surface area contributed by atoms with Crippen LogP contribution in [0.15, 0.2) is 36.4 Å². The Bertz CT molecular complexity index is 1660. The van der Waals surface area contributed by atoms with Gasteiger partial charge < -0.3 is 40.5 Å². The summed E-state index contributed by atoms with van der Waals surface area (Å²) in [4.78, 5) is 30.6. The van der Waals surface area contributed by atoms with E-state index >= 15 is 0 Å². The van der Waals surface area contributed by atoms with Gasteiger partial charge in [-0.3, -0.25) is 0 Å². The summed E-state index contributed by atoms with van der Waals surface area (Å²) in [6, 6.07) is 6.09. The van der Waals surface area contributed by atoms with Crippen LogP contribution in [0.2, 0.25) is 0 Å². The van der Waals surface area contributed by atoms with Crippen LogP contribution in [0, 0.1) is 0 Å². The van der Waals surface area contributed by atoms with Crippen molar-refractivity contribution in [2.75, 3.05) is 38.8 Å². The minimum absolute atomic E-state index is 0.00165. The molecule has 0 amide bonds. The van der Waals surface area contributed by atoms with Crippen molar-refractivity contribution in [2.45, 2.75) is 126 Å². The van der Waals surface area contributed by atoms with Gasteiger partial charge in [-0.25, -0.2) is 9.59 Å². The molecule has 2 aromatic carbocycles. The molecule has 0 unspecified atom stereocenters. The molecule has 0 aromatic heterocycles. The predicted octanol–water partition coefficient (Wildman–Crippen LogP) is 8.37. The molecule has 0 radical (unpaired) electrons. The Hall–Kier alpha value is -3.74. The number of carbonyl (C=O) groups is 2. The lowest BCUT2D eigenvalue weighted by atomic mass is 9.90. The van der Waals surface area contributed by atoms with Gasteiger partial charge in [0.15, 0.2) is 10.2 Å². The zero-order valence-electron chi connectivity index (χ0n) is 33.0. The summed E-state index contributed by atoms with van der Waals surface area (Å²) in [5.41, 5.74) is -2.81. The van der Waals surface area contributed by atoms with E-state index < -0.39 is 47.6 Å². The number of benzene rings is 2. The van der Waals surface area contributed by atoms with Crippen molar-refractivity contribution in [1.29, 1.82) is 0 Å². The van der Waals surface area contributed by atoms with E-state index in [1.807, 2.05) is 28.2 Å². The number of likely N-dealkylation sites (N-methyl/N-ethyl adjacent to an activating group) is 2. The molecular formula is C40H52F6N6O4S2. The third-order valence-electron chi connectivity index (χ3n) is 11.1. The lowest BCUT2D eigenvalue weighted by Gasteiger charge is -2.37. The van der Waals surface area contributed by atoms with Gasteiger partial charge in [0.05, 0.1) is 22.3 Å². The highest BCUT2D eigenvalue weighted by atomic mass is 32.1. The van der Waals surface area contributed by atoms with Gasteiger partial charge >= 0.3 is 24.3 Å². The number of halogens is 6. The van der Waals surface area contributed by atoms with Gasteiger partial charge in [-0.15, -0.1) is 0 Å². The van der Waals surface area contributed by atoms with Crippen molar-refractivity contribution in [2.24, 2.45) is 0 Å². The minimum atomic E-state index is -4.76. The molecule has 3 fully saturated rings. The van der Waals surface area contributed by atoms with E-state index in [2.05, 4.69) is 31.1 Å². The zero-order valence-corrected chi connectivity index (χ0v) is 34.7. The van der Waals surface area contributed by atoms with Gasteiger partial charge in [0.25, 0.3) is 0 Å². The van der Waals surface area contributed by atoms with Gasteiger partial charge in [-0.05, 0) is 140 Å². The number of hydrogen-bond donors (Lipinski definition) is 4. The second-order valence-corrected chi connectivity index (χ2v) is 16.7. The highest BCUT2D eigenvalue weighted by molar-refractivity contribution is 7.80. The van der Waals surface area contributed by atoms with Crippen LogP contribution in [-0.2, 0) is 21.8 Å². The van der Waals surface area contributed by atoms with Crippen LogP contribution >= 0.6 is 24.4 Å². The van der Waals surface area contributed by atoms with E-state index in [9.17, 15) is 35.9 Å². The summed E-state index contributed by atoms with van der Waals surface area (Å²) >= 11 is 10.9. The van der Waals surface area contributed by atoms with Gasteiger partial charge in [-0.1, -0.05) is 25.7 Å². The Morgan fingerprint density at radius 1 is 0.569 bits per heavy atom. The highest BCUT2D eigenvalue weighted by Gasteiger charge is 2.35. The first-order chi connectivity index (χ1) is 27.3. The number of nitrogens with one attached hydrogen (secondary N) is 4. The van der Waals surface area contributed by atoms with Crippen molar-refractivity contribution >= 4 is 58.0 Å². The first-order valence-corrected chi connectivity index (χ1v) is 20.4. The van der Waals surface area contributed by atoms with Crippen LogP contribution in [-0.4, -0.2) is 96.5 Å². The minimum Gasteiger partial charge on any atom is -0.459 e. The summed E-state index contributed by atoms with van der Waals surface area (Å²) < 4.78 is 94.8. The number of thiocarbonyl (C=S) groups is 2. The molecule has 0 bridgehead atoms. The van der Waals surface area contributed by atoms with Gasteiger partial charge in [-0.2, -0.15) is 26.3 Å². The van der Waals surface area contributed by atoms with Crippen LogP contribution in [0.1, 0.15) is 109 Å². The van der Waals surface area contributed by atoms with E-state index in [-0.39, 0.29) is 82.6 Å². The van der Waals surface area contributed by atoms with Crippen LogP contribution < -0.4 is 21.3 Å². The standard InChI is InChI=1S/C40H52F6N6O4S2/c1-51(2)33-11-7-5-9-31(33)49-37(57)47-27-19-23(17-25(21-27)39(41,42)43)35(53)55-29-13-15-30(16-14-29)56-36(54)24-18-26(40(44,45)46)22-28(20-24)48-38(58)50-32-10-6-8-12-34(32)52(3)4/h17-22,29-34H,5-16H2,1-4H3,(H2,47,49,57)(H2,48,50,58)/t29?,30?,31-,32-,33-,34-/m1/s1. The Labute approximate surface area is 346 Å². The average molecular weight is 859 g/mol. The number of rotatable bonds is 10. The maximum atomic E-state index is 13.9. The van der Waals surface area contributed by atoms with Crippen LogP contribution in [0.25, 0.3) is 0 Å². The smallest absolute Gasteiger partial charge is 0.416 e. The van der Waals surface area contributed by atoms with E-state index in [1.165, 1.54) is 12.1 Å². The van der Waals surface area contributed by atoms with E-state index in [0.29, 0.717) is 0 Å². The maximum Gasteiger partial charge on any atom is 0.416 e. The molecule has 3 aliphatic rings. The first-order valence-electron chi connectivity index (χ1n) is 19.6. The van der Waals surface area contributed by atoms with Crippen molar-refractivity contribution in [3.63, 3.8) is 0 Å². The number of ether oxygens (including phenoxy) is 2. The molecule has 0 spiro atoms. The average Bonchev–Trinajstić information content (AvgIpc) is 3.14. The number of esters is 2. The Kier molecular flexibility index (Phi) is 15.3. The third-order valence-corrected chi connectivity index (χ3v) is 11.5. The Morgan fingerprint density at radius 2 is 0.914 bits per heavy atom. The molecular weight excluding hydrogens is 807 g/mol. The predicted molar refractivity (Wildman–Crippen MR) is 218 cm³/mol. The maximum absolute atomic E-state index is 13.9. The lowest BCUT2D eigenvalue weighted by molar-refractivity contribution is -0.138. The Balaban J connectivity index is 1.18. The molecule has 5 rings (SSSR count). The van der Waals surface area contributed by atoms with Crippen molar-refractivity contribution in [1.82, 2.24) is 20.4 Å². The van der Waals surface area contributed by atoms with Crippen molar-refractivity contribution in [3.05, 3.63) is 58.7 Å². The third kappa shape index (κ3) is 12.6. The normalized spacial score (nSPS) is 24.1. The number of hydrogen-bond acceptors (Lipinski definition) is 8. The second kappa shape index (κ2) is 19.5.